The maximum Gasteiger partial charge on any atom is 0.256 e. The quantitative estimate of drug-likeness (QED) is 0.356. The predicted octanol–water partition coefficient (Wildman–Crippen LogP) is 6.17. The van der Waals surface area contributed by atoms with Gasteiger partial charge in [-0.15, -0.1) is 0 Å². The molecule has 0 aliphatic rings. The summed E-state index contributed by atoms with van der Waals surface area (Å²) in [6, 6.07) is 19.5. The van der Waals surface area contributed by atoms with Gasteiger partial charge in [-0.3, -0.25) is 9.48 Å². The molecule has 1 heterocycles. The second kappa shape index (κ2) is 9.88. The van der Waals surface area contributed by atoms with Crippen LogP contribution in [0.4, 0.5) is 10.2 Å². The number of rotatable bonds is 7. The van der Waals surface area contributed by atoms with E-state index < -0.39 is 0 Å². The van der Waals surface area contributed by atoms with Gasteiger partial charge in [0.25, 0.3) is 5.91 Å². The molecule has 0 aliphatic carbocycles. The lowest BCUT2D eigenvalue weighted by atomic mass is 10.1. The average molecular weight is 464 g/mol. The molecule has 0 spiro atoms. The molecule has 5 nitrogen and oxygen atoms in total. The predicted molar refractivity (Wildman–Crippen MR) is 127 cm³/mol. The first-order chi connectivity index (χ1) is 15.9. The van der Waals surface area contributed by atoms with Crippen LogP contribution in [0.3, 0.4) is 0 Å². The first-order valence-corrected chi connectivity index (χ1v) is 10.8. The first-order valence-electron chi connectivity index (χ1n) is 10.4. The van der Waals surface area contributed by atoms with Gasteiger partial charge in [0, 0.05) is 11.8 Å². The molecule has 7 heteroatoms. The fourth-order valence-electron chi connectivity index (χ4n) is 3.39. The van der Waals surface area contributed by atoms with Gasteiger partial charge < -0.3 is 10.1 Å². The zero-order valence-corrected chi connectivity index (χ0v) is 19.1. The standard InChI is InChI=1S/C26H23ClFN3O2/c1-17-9-10-18(2)24(11-17)33-16-20-6-3-7-21(12-20)26(32)29-25-23(27)15-31(30-25)14-19-5-4-8-22(28)13-19/h3-13,15H,14,16H2,1-2H3,(H,29,30,32). The summed E-state index contributed by atoms with van der Waals surface area (Å²) >= 11 is 6.26. The topological polar surface area (TPSA) is 56.1 Å². The summed E-state index contributed by atoms with van der Waals surface area (Å²) in [7, 11) is 0. The number of aryl methyl sites for hydroxylation is 2. The number of carbonyl (C=O) groups excluding carboxylic acids is 1. The number of hydrogen-bond acceptors (Lipinski definition) is 3. The molecular formula is C26H23ClFN3O2. The maximum absolute atomic E-state index is 13.4. The molecule has 1 N–H and O–H groups in total. The number of nitrogens with one attached hydrogen (secondary N) is 1. The zero-order valence-electron chi connectivity index (χ0n) is 18.3. The Morgan fingerprint density at radius 2 is 1.85 bits per heavy atom. The summed E-state index contributed by atoms with van der Waals surface area (Å²) < 4.78 is 20.9. The summed E-state index contributed by atoms with van der Waals surface area (Å²) in [5.74, 6) is 0.415. The molecule has 33 heavy (non-hydrogen) atoms. The number of amides is 1. The van der Waals surface area contributed by atoms with E-state index in [-0.39, 0.29) is 17.5 Å². The highest BCUT2D eigenvalue weighted by atomic mass is 35.5. The van der Waals surface area contributed by atoms with Crippen molar-refractivity contribution in [3.8, 4) is 5.75 Å². The highest BCUT2D eigenvalue weighted by Gasteiger charge is 2.13. The first kappa shape index (κ1) is 22.6. The maximum atomic E-state index is 13.4. The van der Waals surface area contributed by atoms with Crippen LogP contribution in [0.25, 0.3) is 0 Å². The summed E-state index contributed by atoms with van der Waals surface area (Å²) in [6.45, 7) is 4.69. The number of benzene rings is 3. The highest BCUT2D eigenvalue weighted by molar-refractivity contribution is 6.33. The lowest BCUT2D eigenvalue weighted by molar-refractivity contribution is 0.102. The Morgan fingerprint density at radius 3 is 2.67 bits per heavy atom. The van der Waals surface area contributed by atoms with E-state index in [1.807, 2.05) is 38.1 Å². The van der Waals surface area contributed by atoms with Crippen LogP contribution in [-0.4, -0.2) is 15.7 Å². The molecule has 0 fully saturated rings. The van der Waals surface area contributed by atoms with Crippen molar-refractivity contribution in [1.82, 2.24) is 9.78 Å². The normalized spacial score (nSPS) is 10.8. The molecule has 1 aromatic heterocycles. The molecule has 4 aromatic rings. The summed E-state index contributed by atoms with van der Waals surface area (Å²) in [6.07, 6.45) is 1.59. The van der Waals surface area contributed by atoms with Crippen LogP contribution in [0.2, 0.25) is 5.02 Å². The molecule has 3 aromatic carbocycles. The van der Waals surface area contributed by atoms with Gasteiger partial charge in [-0.25, -0.2) is 4.39 Å². The largest absolute Gasteiger partial charge is 0.489 e. The summed E-state index contributed by atoms with van der Waals surface area (Å²) in [4.78, 5) is 12.8. The Kier molecular flexibility index (Phi) is 6.75. The van der Waals surface area contributed by atoms with Crippen molar-refractivity contribution < 1.29 is 13.9 Å². The van der Waals surface area contributed by atoms with Crippen LogP contribution in [-0.2, 0) is 13.2 Å². The minimum Gasteiger partial charge on any atom is -0.489 e. The van der Waals surface area contributed by atoms with Crippen molar-refractivity contribution in [2.24, 2.45) is 0 Å². The van der Waals surface area contributed by atoms with Crippen LogP contribution in [0, 0.1) is 19.7 Å². The van der Waals surface area contributed by atoms with E-state index in [9.17, 15) is 9.18 Å². The van der Waals surface area contributed by atoms with Crippen LogP contribution < -0.4 is 10.1 Å². The lowest BCUT2D eigenvalue weighted by Crippen LogP contribution is -2.13. The van der Waals surface area contributed by atoms with E-state index >= 15 is 0 Å². The fourth-order valence-corrected chi connectivity index (χ4v) is 3.59. The van der Waals surface area contributed by atoms with Crippen LogP contribution in [0.15, 0.2) is 72.9 Å². The minimum atomic E-state index is -0.332. The van der Waals surface area contributed by atoms with Gasteiger partial charge in [0.05, 0.1) is 6.54 Å². The van der Waals surface area contributed by atoms with E-state index in [0.717, 1.165) is 28.0 Å². The van der Waals surface area contributed by atoms with Crippen molar-refractivity contribution in [3.05, 3.63) is 112 Å². The van der Waals surface area contributed by atoms with E-state index in [4.69, 9.17) is 16.3 Å². The molecule has 0 aliphatic heterocycles. The van der Waals surface area contributed by atoms with Gasteiger partial charge >= 0.3 is 0 Å². The van der Waals surface area contributed by atoms with Crippen LogP contribution in [0.5, 0.6) is 5.75 Å². The van der Waals surface area contributed by atoms with Crippen molar-refractivity contribution in [2.45, 2.75) is 27.0 Å². The second-order valence-electron chi connectivity index (χ2n) is 7.87. The molecule has 4 rings (SSSR count). The Labute approximate surface area is 196 Å². The van der Waals surface area contributed by atoms with Crippen LogP contribution >= 0.6 is 11.6 Å². The Hall–Kier alpha value is -3.64. The monoisotopic (exact) mass is 463 g/mol. The van der Waals surface area contributed by atoms with E-state index in [1.165, 1.54) is 12.1 Å². The van der Waals surface area contributed by atoms with Gasteiger partial charge in [-0.05, 0) is 66.4 Å². The fraction of sp³-hybridized carbons (Fsp3) is 0.154. The third kappa shape index (κ3) is 5.79. The Morgan fingerprint density at radius 1 is 1.06 bits per heavy atom. The van der Waals surface area contributed by atoms with Crippen LogP contribution in [0.1, 0.15) is 32.6 Å². The molecule has 0 atom stereocenters. The molecular weight excluding hydrogens is 441 g/mol. The number of halogens is 2. The van der Waals surface area contributed by atoms with Crippen molar-refractivity contribution in [1.29, 1.82) is 0 Å². The molecule has 0 saturated heterocycles. The third-order valence-electron chi connectivity index (χ3n) is 5.11. The minimum absolute atomic E-state index is 0.245. The Balaban J connectivity index is 1.42. The van der Waals surface area contributed by atoms with E-state index in [0.29, 0.717) is 23.7 Å². The molecule has 168 valence electrons. The average Bonchev–Trinajstić information content (AvgIpc) is 3.13. The summed E-state index contributed by atoms with van der Waals surface area (Å²) in [5.41, 5.74) is 4.25. The number of ether oxygens (including phenoxy) is 1. The number of nitrogens with zero attached hydrogens (tertiary/aromatic N) is 2. The molecule has 0 saturated carbocycles. The number of aromatic nitrogens is 2. The SMILES string of the molecule is Cc1ccc(C)c(OCc2cccc(C(=O)Nc3nn(Cc4cccc(F)c4)cc3Cl)c2)c1. The van der Waals surface area contributed by atoms with Gasteiger partial charge in [0.1, 0.15) is 23.2 Å². The van der Waals surface area contributed by atoms with Gasteiger partial charge in [-0.2, -0.15) is 5.10 Å². The number of anilines is 1. The third-order valence-corrected chi connectivity index (χ3v) is 5.39. The van der Waals surface area contributed by atoms with E-state index in [1.54, 1.807) is 41.2 Å². The number of carbonyl (C=O) groups is 1. The van der Waals surface area contributed by atoms with Crippen molar-refractivity contribution in [3.63, 3.8) is 0 Å². The molecule has 0 bridgehead atoms. The van der Waals surface area contributed by atoms with Gasteiger partial charge in [0.15, 0.2) is 5.82 Å². The zero-order chi connectivity index (χ0) is 23.4. The smallest absolute Gasteiger partial charge is 0.256 e. The highest BCUT2D eigenvalue weighted by Crippen LogP contribution is 2.23. The van der Waals surface area contributed by atoms with Gasteiger partial charge in [-0.1, -0.05) is 48.0 Å². The van der Waals surface area contributed by atoms with Gasteiger partial charge in [0.2, 0.25) is 0 Å². The van der Waals surface area contributed by atoms with Crippen molar-refractivity contribution >= 4 is 23.3 Å². The summed E-state index contributed by atoms with van der Waals surface area (Å²) in [5, 5.41) is 7.37. The Bertz CT molecular complexity index is 1300. The second-order valence-corrected chi connectivity index (χ2v) is 8.27. The van der Waals surface area contributed by atoms with E-state index in [2.05, 4.69) is 10.4 Å². The molecule has 1 amide bonds. The molecule has 0 unspecified atom stereocenters. The lowest BCUT2D eigenvalue weighted by Gasteiger charge is -2.11. The van der Waals surface area contributed by atoms with Crippen molar-refractivity contribution in [2.75, 3.05) is 5.32 Å². The molecule has 0 radical (unpaired) electrons. The number of hydrogen-bond donors (Lipinski definition) is 1.